The van der Waals surface area contributed by atoms with Crippen molar-refractivity contribution in [3.05, 3.63) is 22.8 Å². The number of ether oxygens (including phenoxy) is 1. The minimum Gasteiger partial charge on any atom is -0.384 e. The average Bonchev–Trinajstić information content (AvgIpc) is 2.41. The molecule has 6 nitrogen and oxygen atoms in total. The van der Waals surface area contributed by atoms with Crippen molar-refractivity contribution in [3.63, 3.8) is 0 Å². The summed E-state index contributed by atoms with van der Waals surface area (Å²) in [5.74, 6) is -0.0638. The number of carbonyl (C=O) groups excluding carboxylic acids is 1. The van der Waals surface area contributed by atoms with E-state index in [4.69, 9.17) is 27.3 Å². The molecule has 1 aromatic heterocycles. The van der Waals surface area contributed by atoms with Gasteiger partial charge in [0.1, 0.15) is 5.82 Å². The third kappa shape index (κ3) is 4.39. The largest absolute Gasteiger partial charge is 0.384 e. The van der Waals surface area contributed by atoms with Gasteiger partial charge >= 0.3 is 0 Å². The van der Waals surface area contributed by atoms with Gasteiger partial charge in [-0.1, -0.05) is 11.6 Å². The first-order valence-corrected chi connectivity index (χ1v) is 6.04. The summed E-state index contributed by atoms with van der Waals surface area (Å²) < 4.78 is 4.95. The van der Waals surface area contributed by atoms with Gasteiger partial charge in [-0.3, -0.25) is 4.79 Å². The van der Waals surface area contributed by atoms with E-state index < -0.39 is 0 Å². The lowest BCUT2D eigenvalue weighted by Gasteiger charge is -2.21. The lowest BCUT2D eigenvalue weighted by Crippen LogP contribution is -2.35. The van der Waals surface area contributed by atoms with Crippen LogP contribution in [0.15, 0.2) is 12.3 Å². The number of rotatable bonds is 6. The minimum absolute atomic E-state index is 0.222. The van der Waals surface area contributed by atoms with Crippen molar-refractivity contribution in [2.24, 2.45) is 0 Å². The molecule has 0 fully saturated rings. The second kappa shape index (κ2) is 7.56. The number of carbonyl (C=O) groups is 1. The van der Waals surface area contributed by atoms with Gasteiger partial charge in [0.05, 0.1) is 29.7 Å². The molecule has 0 aliphatic heterocycles. The fraction of sp³-hybridized carbons (Fsp3) is 0.417. The van der Waals surface area contributed by atoms with Gasteiger partial charge in [-0.2, -0.15) is 5.26 Å². The zero-order valence-corrected chi connectivity index (χ0v) is 11.4. The Hall–Kier alpha value is -1.84. The number of aromatic nitrogens is 1. The Morgan fingerprint density at radius 1 is 1.63 bits per heavy atom. The number of anilines is 1. The summed E-state index contributed by atoms with van der Waals surface area (Å²) in [6.45, 7) is 1.09. The first kappa shape index (κ1) is 15.2. The maximum atomic E-state index is 12.3. The van der Waals surface area contributed by atoms with E-state index in [0.29, 0.717) is 19.7 Å². The van der Waals surface area contributed by atoms with E-state index in [1.54, 1.807) is 7.11 Å². The molecular formula is C12H15ClN4O2. The first-order valence-electron chi connectivity index (χ1n) is 5.66. The van der Waals surface area contributed by atoms with Crippen LogP contribution in [-0.2, 0) is 4.74 Å². The van der Waals surface area contributed by atoms with Gasteiger partial charge in [-0.25, -0.2) is 4.98 Å². The van der Waals surface area contributed by atoms with E-state index in [1.807, 2.05) is 6.07 Å². The molecule has 102 valence electrons. The molecule has 0 aliphatic carbocycles. The third-order valence-electron chi connectivity index (χ3n) is 2.45. The second-order valence-electron chi connectivity index (χ2n) is 3.78. The van der Waals surface area contributed by atoms with Crippen LogP contribution in [0.25, 0.3) is 0 Å². The van der Waals surface area contributed by atoms with Crippen molar-refractivity contribution in [2.75, 3.05) is 32.5 Å². The van der Waals surface area contributed by atoms with Gasteiger partial charge in [0.2, 0.25) is 0 Å². The van der Waals surface area contributed by atoms with Crippen molar-refractivity contribution in [2.45, 2.75) is 6.42 Å². The van der Waals surface area contributed by atoms with E-state index in [9.17, 15) is 4.79 Å². The number of nitrogen functional groups attached to an aromatic ring is 1. The van der Waals surface area contributed by atoms with Crippen LogP contribution in [0, 0.1) is 11.3 Å². The smallest absolute Gasteiger partial charge is 0.255 e. The number of amides is 1. The van der Waals surface area contributed by atoms with E-state index in [1.165, 1.54) is 17.2 Å². The van der Waals surface area contributed by atoms with Crippen LogP contribution >= 0.6 is 11.6 Å². The molecule has 19 heavy (non-hydrogen) atoms. The molecule has 7 heteroatoms. The molecule has 0 saturated heterocycles. The molecule has 1 heterocycles. The van der Waals surface area contributed by atoms with E-state index in [2.05, 4.69) is 4.98 Å². The molecule has 1 aromatic rings. The number of nitrogens with two attached hydrogens (primary N) is 1. The number of nitrogens with zero attached hydrogens (tertiary/aromatic N) is 3. The fourth-order valence-electron chi connectivity index (χ4n) is 1.49. The Labute approximate surface area is 116 Å². The second-order valence-corrected chi connectivity index (χ2v) is 4.19. The number of hydrogen-bond donors (Lipinski definition) is 1. The van der Waals surface area contributed by atoms with Crippen molar-refractivity contribution in [1.82, 2.24) is 9.88 Å². The summed E-state index contributed by atoms with van der Waals surface area (Å²) in [6.07, 6.45) is 1.58. The van der Waals surface area contributed by atoms with Crippen molar-refractivity contribution >= 4 is 23.3 Å². The van der Waals surface area contributed by atoms with Crippen LogP contribution in [0.4, 0.5) is 5.82 Å². The van der Waals surface area contributed by atoms with Gasteiger partial charge in [0, 0.05) is 26.4 Å². The van der Waals surface area contributed by atoms with Crippen LogP contribution in [0.1, 0.15) is 16.8 Å². The number of hydrogen-bond acceptors (Lipinski definition) is 5. The van der Waals surface area contributed by atoms with Crippen LogP contribution in [0.5, 0.6) is 0 Å². The monoisotopic (exact) mass is 282 g/mol. The first-order chi connectivity index (χ1) is 9.10. The summed E-state index contributed by atoms with van der Waals surface area (Å²) in [5.41, 5.74) is 5.83. The predicted octanol–water partition coefficient (Wildman–Crippen LogP) is 1.32. The quantitative estimate of drug-likeness (QED) is 0.849. The summed E-state index contributed by atoms with van der Waals surface area (Å²) in [5, 5.41) is 8.85. The lowest BCUT2D eigenvalue weighted by atomic mass is 10.2. The molecule has 0 spiro atoms. The van der Waals surface area contributed by atoms with Crippen LogP contribution in [0.2, 0.25) is 5.02 Å². The maximum absolute atomic E-state index is 12.3. The average molecular weight is 283 g/mol. The van der Waals surface area contributed by atoms with Crippen LogP contribution < -0.4 is 5.73 Å². The Kier molecular flexibility index (Phi) is 6.06. The molecule has 0 saturated carbocycles. The molecular weight excluding hydrogens is 268 g/mol. The Morgan fingerprint density at radius 2 is 2.37 bits per heavy atom. The van der Waals surface area contributed by atoms with Gasteiger partial charge in [-0.05, 0) is 6.07 Å². The fourth-order valence-corrected chi connectivity index (χ4v) is 1.67. The number of halogens is 1. The van der Waals surface area contributed by atoms with Crippen molar-refractivity contribution in [1.29, 1.82) is 5.26 Å². The molecule has 0 aliphatic rings. The van der Waals surface area contributed by atoms with Crippen LogP contribution in [-0.4, -0.2) is 42.6 Å². The molecule has 0 unspecified atom stereocenters. The molecule has 0 radical (unpaired) electrons. The molecule has 1 rings (SSSR count). The van der Waals surface area contributed by atoms with Crippen molar-refractivity contribution in [3.8, 4) is 6.07 Å². The topological polar surface area (TPSA) is 92.2 Å². The number of nitriles is 1. The highest BCUT2D eigenvalue weighted by molar-refractivity contribution is 6.33. The summed E-state index contributed by atoms with van der Waals surface area (Å²) in [6, 6.07) is 3.43. The molecule has 0 bridgehead atoms. The molecule has 0 atom stereocenters. The number of pyridine rings is 1. The lowest BCUT2D eigenvalue weighted by molar-refractivity contribution is 0.0700. The SMILES string of the molecule is COCCN(CCC#N)C(=O)c1cc(N)ncc1Cl. The maximum Gasteiger partial charge on any atom is 0.255 e. The van der Waals surface area contributed by atoms with Crippen LogP contribution in [0.3, 0.4) is 0 Å². The predicted molar refractivity (Wildman–Crippen MR) is 71.7 cm³/mol. The zero-order valence-electron chi connectivity index (χ0n) is 10.6. The normalized spacial score (nSPS) is 9.95. The molecule has 2 N–H and O–H groups in total. The highest BCUT2D eigenvalue weighted by Crippen LogP contribution is 2.18. The highest BCUT2D eigenvalue weighted by atomic mass is 35.5. The third-order valence-corrected chi connectivity index (χ3v) is 2.75. The minimum atomic E-state index is -0.286. The van der Waals surface area contributed by atoms with Gasteiger partial charge in [0.25, 0.3) is 5.91 Å². The van der Waals surface area contributed by atoms with E-state index in [-0.39, 0.29) is 28.7 Å². The summed E-state index contributed by atoms with van der Waals surface area (Å²) in [7, 11) is 1.55. The number of methoxy groups -OCH3 is 1. The standard InChI is InChI=1S/C12H15ClN4O2/c1-19-6-5-17(4-2-3-14)12(18)9-7-11(15)16-8-10(9)13/h7-8H,2,4-6H2,1H3,(H2,15,16). The van der Waals surface area contributed by atoms with Gasteiger partial charge in [0.15, 0.2) is 0 Å². The van der Waals surface area contributed by atoms with E-state index >= 15 is 0 Å². The van der Waals surface area contributed by atoms with Crippen molar-refractivity contribution < 1.29 is 9.53 Å². The van der Waals surface area contributed by atoms with Gasteiger partial charge < -0.3 is 15.4 Å². The molecule has 1 amide bonds. The Bertz CT molecular complexity index is 487. The Balaban J connectivity index is 2.91. The van der Waals surface area contributed by atoms with Gasteiger partial charge in [-0.15, -0.1) is 0 Å². The van der Waals surface area contributed by atoms with E-state index in [0.717, 1.165) is 0 Å². The zero-order chi connectivity index (χ0) is 14.3. The Morgan fingerprint density at radius 3 is 3.00 bits per heavy atom. The summed E-state index contributed by atoms with van der Waals surface area (Å²) in [4.78, 5) is 17.6. The molecule has 0 aromatic carbocycles. The highest BCUT2D eigenvalue weighted by Gasteiger charge is 2.18. The summed E-state index contributed by atoms with van der Waals surface area (Å²) >= 11 is 5.94.